The standard InChI is InChI=1S/C13H18N2O2/c1-8(9-3-2-4-9)15-10-5-6-12(14)11(7-10)13(16)17/h5-9,15H,2-4,14H2,1H3,(H,16,17). The predicted molar refractivity (Wildman–Crippen MR) is 68.2 cm³/mol. The Balaban J connectivity index is 2.10. The number of benzene rings is 1. The van der Waals surface area contributed by atoms with Gasteiger partial charge in [-0.1, -0.05) is 6.42 Å². The molecule has 1 aliphatic carbocycles. The van der Waals surface area contributed by atoms with Gasteiger partial charge in [0, 0.05) is 17.4 Å². The molecular formula is C13H18N2O2. The van der Waals surface area contributed by atoms with Crippen LogP contribution in [-0.2, 0) is 0 Å². The number of nitrogens with one attached hydrogen (secondary N) is 1. The Morgan fingerprint density at radius 1 is 1.53 bits per heavy atom. The Morgan fingerprint density at radius 2 is 2.24 bits per heavy atom. The lowest BCUT2D eigenvalue weighted by Gasteiger charge is -2.32. The van der Waals surface area contributed by atoms with Crippen molar-refractivity contribution in [3.63, 3.8) is 0 Å². The Kier molecular flexibility index (Phi) is 3.22. The molecule has 0 bridgehead atoms. The summed E-state index contributed by atoms with van der Waals surface area (Å²) in [4.78, 5) is 11.0. The van der Waals surface area contributed by atoms with Crippen molar-refractivity contribution in [2.75, 3.05) is 11.1 Å². The van der Waals surface area contributed by atoms with Gasteiger partial charge in [-0.2, -0.15) is 0 Å². The van der Waals surface area contributed by atoms with Crippen LogP contribution in [0.1, 0.15) is 36.5 Å². The second-order valence-corrected chi connectivity index (χ2v) is 4.73. The molecule has 1 aromatic carbocycles. The Morgan fingerprint density at radius 3 is 2.76 bits per heavy atom. The fourth-order valence-corrected chi connectivity index (χ4v) is 2.15. The average molecular weight is 234 g/mol. The van der Waals surface area contributed by atoms with Crippen LogP contribution in [-0.4, -0.2) is 17.1 Å². The molecular weight excluding hydrogens is 216 g/mol. The number of carboxylic acid groups (broad SMARTS) is 1. The molecule has 0 radical (unpaired) electrons. The van der Waals surface area contributed by atoms with Crippen molar-refractivity contribution in [3.05, 3.63) is 23.8 Å². The Hall–Kier alpha value is -1.71. The summed E-state index contributed by atoms with van der Waals surface area (Å²) in [5.41, 5.74) is 6.91. The van der Waals surface area contributed by atoms with E-state index in [2.05, 4.69) is 12.2 Å². The van der Waals surface area contributed by atoms with Crippen molar-refractivity contribution >= 4 is 17.3 Å². The number of carbonyl (C=O) groups is 1. The molecule has 0 aromatic heterocycles. The molecule has 1 fully saturated rings. The van der Waals surface area contributed by atoms with E-state index in [1.54, 1.807) is 12.1 Å². The summed E-state index contributed by atoms with van der Waals surface area (Å²) in [5.74, 6) is -0.275. The van der Waals surface area contributed by atoms with Gasteiger partial charge >= 0.3 is 5.97 Å². The number of hydrogen-bond acceptors (Lipinski definition) is 3. The molecule has 1 saturated carbocycles. The summed E-state index contributed by atoms with van der Waals surface area (Å²) in [5, 5.41) is 12.3. The lowest BCUT2D eigenvalue weighted by Crippen LogP contribution is -2.30. The van der Waals surface area contributed by atoms with Gasteiger partial charge in [-0.05, 0) is 43.9 Å². The van der Waals surface area contributed by atoms with Gasteiger partial charge in [-0.3, -0.25) is 0 Å². The number of aromatic carboxylic acids is 1. The summed E-state index contributed by atoms with van der Waals surface area (Å²) in [6.45, 7) is 2.14. The fourth-order valence-electron chi connectivity index (χ4n) is 2.15. The molecule has 0 heterocycles. The van der Waals surface area contributed by atoms with E-state index >= 15 is 0 Å². The van der Waals surface area contributed by atoms with Gasteiger partial charge in [-0.25, -0.2) is 4.79 Å². The molecule has 0 aliphatic heterocycles. The van der Waals surface area contributed by atoms with Gasteiger partial charge in [-0.15, -0.1) is 0 Å². The van der Waals surface area contributed by atoms with E-state index < -0.39 is 5.97 Å². The zero-order valence-corrected chi connectivity index (χ0v) is 9.94. The number of rotatable bonds is 4. The molecule has 1 atom stereocenters. The summed E-state index contributed by atoms with van der Waals surface area (Å²) >= 11 is 0. The lowest BCUT2D eigenvalue weighted by atomic mass is 9.80. The maximum atomic E-state index is 11.0. The molecule has 4 N–H and O–H groups in total. The largest absolute Gasteiger partial charge is 0.478 e. The van der Waals surface area contributed by atoms with E-state index in [4.69, 9.17) is 10.8 Å². The number of hydrogen-bond donors (Lipinski definition) is 3. The van der Waals surface area contributed by atoms with Crippen molar-refractivity contribution in [1.29, 1.82) is 0 Å². The van der Waals surface area contributed by atoms with Crippen molar-refractivity contribution in [1.82, 2.24) is 0 Å². The quantitative estimate of drug-likeness (QED) is 0.700. The van der Waals surface area contributed by atoms with Crippen molar-refractivity contribution in [2.45, 2.75) is 32.2 Å². The smallest absolute Gasteiger partial charge is 0.337 e. The maximum Gasteiger partial charge on any atom is 0.337 e. The highest BCUT2D eigenvalue weighted by Crippen LogP contribution is 2.31. The topological polar surface area (TPSA) is 75.3 Å². The van der Waals surface area contributed by atoms with Crippen LogP contribution in [0.5, 0.6) is 0 Å². The first-order valence-electron chi connectivity index (χ1n) is 5.97. The van der Waals surface area contributed by atoms with Gasteiger partial charge in [0.05, 0.1) is 5.56 Å². The van der Waals surface area contributed by atoms with Gasteiger partial charge < -0.3 is 16.2 Å². The number of carboxylic acids is 1. The highest BCUT2D eigenvalue weighted by atomic mass is 16.4. The van der Waals surface area contributed by atoms with E-state index in [-0.39, 0.29) is 5.56 Å². The lowest BCUT2D eigenvalue weighted by molar-refractivity contribution is 0.0698. The van der Waals surface area contributed by atoms with Crippen molar-refractivity contribution in [3.8, 4) is 0 Å². The number of nitrogen functional groups attached to an aromatic ring is 1. The first-order chi connectivity index (χ1) is 8.08. The second-order valence-electron chi connectivity index (χ2n) is 4.73. The second kappa shape index (κ2) is 4.65. The van der Waals surface area contributed by atoms with Gasteiger partial charge in [0.2, 0.25) is 0 Å². The van der Waals surface area contributed by atoms with Crippen molar-refractivity contribution in [2.24, 2.45) is 5.92 Å². The summed E-state index contributed by atoms with van der Waals surface area (Å²) in [6, 6.07) is 5.46. The summed E-state index contributed by atoms with van der Waals surface area (Å²) in [6.07, 6.45) is 3.82. The predicted octanol–water partition coefficient (Wildman–Crippen LogP) is 2.57. The molecule has 92 valence electrons. The summed E-state index contributed by atoms with van der Waals surface area (Å²) in [7, 11) is 0. The first-order valence-corrected chi connectivity index (χ1v) is 5.97. The van der Waals surface area contributed by atoms with E-state index in [9.17, 15) is 4.79 Å². The van der Waals surface area contributed by atoms with Crippen LogP contribution in [0.4, 0.5) is 11.4 Å². The fraction of sp³-hybridized carbons (Fsp3) is 0.462. The van der Waals surface area contributed by atoms with Crippen LogP contribution in [0, 0.1) is 5.92 Å². The highest BCUT2D eigenvalue weighted by molar-refractivity contribution is 5.94. The monoisotopic (exact) mass is 234 g/mol. The molecule has 4 heteroatoms. The van der Waals surface area contributed by atoms with Crippen LogP contribution >= 0.6 is 0 Å². The Labute approximate surface area is 101 Å². The SMILES string of the molecule is CC(Nc1ccc(N)c(C(=O)O)c1)C1CCC1. The van der Waals surface area contributed by atoms with Crippen LogP contribution in [0.3, 0.4) is 0 Å². The third kappa shape index (κ3) is 2.52. The van der Waals surface area contributed by atoms with Gasteiger partial charge in [0.1, 0.15) is 0 Å². The number of nitrogens with two attached hydrogens (primary N) is 1. The molecule has 1 unspecified atom stereocenters. The van der Waals surface area contributed by atoms with Gasteiger partial charge in [0.25, 0.3) is 0 Å². The third-order valence-corrected chi connectivity index (χ3v) is 3.53. The van der Waals surface area contributed by atoms with Crippen LogP contribution < -0.4 is 11.1 Å². The van der Waals surface area contributed by atoms with E-state index in [1.807, 2.05) is 6.07 Å². The molecule has 0 spiro atoms. The zero-order chi connectivity index (χ0) is 12.4. The van der Waals surface area contributed by atoms with Crippen LogP contribution in [0.2, 0.25) is 0 Å². The van der Waals surface area contributed by atoms with Gasteiger partial charge in [0.15, 0.2) is 0 Å². The first kappa shape index (κ1) is 11.8. The molecule has 0 amide bonds. The minimum Gasteiger partial charge on any atom is -0.478 e. The highest BCUT2D eigenvalue weighted by Gasteiger charge is 2.23. The van der Waals surface area contributed by atoms with Crippen LogP contribution in [0.25, 0.3) is 0 Å². The van der Waals surface area contributed by atoms with Crippen molar-refractivity contribution < 1.29 is 9.90 Å². The van der Waals surface area contributed by atoms with E-state index in [0.717, 1.165) is 5.69 Å². The molecule has 1 aliphatic rings. The molecule has 17 heavy (non-hydrogen) atoms. The average Bonchev–Trinajstić information content (AvgIpc) is 2.17. The molecule has 1 aromatic rings. The minimum atomic E-state index is -0.984. The maximum absolute atomic E-state index is 11.0. The number of anilines is 2. The normalized spacial score (nSPS) is 17.2. The summed E-state index contributed by atoms with van der Waals surface area (Å²) < 4.78 is 0. The molecule has 0 saturated heterocycles. The van der Waals surface area contributed by atoms with Crippen LogP contribution in [0.15, 0.2) is 18.2 Å². The minimum absolute atomic E-state index is 0.163. The van der Waals surface area contributed by atoms with E-state index in [1.165, 1.54) is 19.3 Å². The van der Waals surface area contributed by atoms with E-state index in [0.29, 0.717) is 17.6 Å². The molecule has 4 nitrogen and oxygen atoms in total. The zero-order valence-electron chi connectivity index (χ0n) is 9.94. The Bertz CT molecular complexity index is 427. The molecule has 2 rings (SSSR count). The third-order valence-electron chi connectivity index (χ3n) is 3.53.